The molecule has 0 N–H and O–H groups in total. The van der Waals surface area contributed by atoms with Gasteiger partial charge in [-0.25, -0.2) is 0 Å². The molecule has 7 nitrogen and oxygen atoms in total. The molecule has 156 valence electrons. The average molecular weight is 428 g/mol. The number of carbonyl (C=O) groups is 1. The highest BCUT2D eigenvalue weighted by molar-refractivity contribution is 6.33. The van der Waals surface area contributed by atoms with E-state index < -0.39 is 0 Å². The maximum absolute atomic E-state index is 12.9. The topological polar surface area (TPSA) is 77.7 Å². The number of benzene rings is 2. The summed E-state index contributed by atoms with van der Waals surface area (Å²) in [6.07, 6.45) is 1.73. The molecule has 1 aromatic heterocycles. The molecule has 2 aromatic carbocycles. The van der Waals surface area contributed by atoms with Crippen molar-refractivity contribution in [2.75, 3.05) is 27.3 Å². The zero-order valence-electron chi connectivity index (χ0n) is 16.8. The maximum Gasteiger partial charge on any atom is 0.255 e. The first-order chi connectivity index (χ1) is 14.6. The van der Waals surface area contributed by atoms with Gasteiger partial charge in [-0.15, -0.1) is 0 Å². The van der Waals surface area contributed by atoms with E-state index >= 15 is 0 Å². The standard InChI is InChI=1S/C22H22ClN3O4/c1-28-18-10-9-14(12-19(18)29-2)20-24-21(30-25-20)15-6-5-11-26(13-15)22(27)16-7-3-4-8-17(16)23/h3-4,7-10,12,15H,5-6,11,13H2,1-2H3/t15-/m0/s1. The Bertz CT molecular complexity index is 1050. The second-order valence-electron chi connectivity index (χ2n) is 7.10. The summed E-state index contributed by atoms with van der Waals surface area (Å²) in [5.41, 5.74) is 1.28. The van der Waals surface area contributed by atoms with Crippen LogP contribution in [0.3, 0.4) is 0 Å². The van der Waals surface area contributed by atoms with Crippen LogP contribution in [0.25, 0.3) is 11.4 Å². The van der Waals surface area contributed by atoms with Gasteiger partial charge in [0.2, 0.25) is 11.7 Å². The van der Waals surface area contributed by atoms with Crippen molar-refractivity contribution in [3.05, 3.63) is 58.9 Å². The predicted octanol–water partition coefficient (Wildman–Crippen LogP) is 4.43. The summed E-state index contributed by atoms with van der Waals surface area (Å²) in [5, 5.41) is 4.58. The zero-order valence-corrected chi connectivity index (χ0v) is 17.6. The molecule has 0 radical (unpaired) electrons. The Morgan fingerprint density at radius 3 is 2.73 bits per heavy atom. The molecule has 0 aliphatic carbocycles. The Kier molecular flexibility index (Phi) is 5.90. The number of piperidine rings is 1. The number of amides is 1. The molecule has 4 rings (SSSR count). The number of methoxy groups -OCH3 is 2. The lowest BCUT2D eigenvalue weighted by Crippen LogP contribution is -2.39. The first-order valence-electron chi connectivity index (χ1n) is 9.70. The molecule has 3 aromatic rings. The summed E-state index contributed by atoms with van der Waals surface area (Å²) < 4.78 is 16.2. The molecule has 0 saturated carbocycles. The number of hydrogen-bond donors (Lipinski definition) is 0. The average Bonchev–Trinajstić information content (AvgIpc) is 3.29. The van der Waals surface area contributed by atoms with Gasteiger partial charge in [0.15, 0.2) is 11.5 Å². The van der Waals surface area contributed by atoms with Crippen LogP contribution in [-0.4, -0.2) is 48.3 Å². The van der Waals surface area contributed by atoms with Crippen molar-refractivity contribution in [1.82, 2.24) is 15.0 Å². The molecule has 1 aliphatic rings. The van der Waals surface area contributed by atoms with Gasteiger partial charge in [0.1, 0.15) is 0 Å². The summed E-state index contributed by atoms with van der Waals surface area (Å²) in [4.78, 5) is 19.3. The molecule has 0 bridgehead atoms. The SMILES string of the molecule is COc1ccc(-c2noc([C@H]3CCCN(C(=O)c4ccccc4Cl)C3)n2)cc1OC. The fourth-order valence-electron chi connectivity index (χ4n) is 3.66. The van der Waals surface area contributed by atoms with E-state index in [1.807, 2.05) is 24.3 Å². The van der Waals surface area contributed by atoms with Crippen LogP contribution < -0.4 is 9.47 Å². The predicted molar refractivity (Wildman–Crippen MR) is 112 cm³/mol. The minimum Gasteiger partial charge on any atom is -0.493 e. The van der Waals surface area contributed by atoms with Crippen LogP contribution >= 0.6 is 11.6 Å². The van der Waals surface area contributed by atoms with Crippen molar-refractivity contribution < 1.29 is 18.8 Å². The van der Waals surface area contributed by atoms with Crippen LogP contribution in [0.2, 0.25) is 5.02 Å². The molecule has 8 heteroatoms. The molecule has 1 saturated heterocycles. The van der Waals surface area contributed by atoms with Crippen LogP contribution in [0.1, 0.15) is 35.0 Å². The molecule has 30 heavy (non-hydrogen) atoms. The molecule has 2 heterocycles. The number of carbonyl (C=O) groups excluding carboxylic acids is 1. The lowest BCUT2D eigenvalue weighted by atomic mass is 9.97. The minimum atomic E-state index is -0.0788. The Hall–Kier alpha value is -3.06. The number of likely N-dealkylation sites (tertiary alicyclic amines) is 1. The van der Waals surface area contributed by atoms with Crippen molar-refractivity contribution >= 4 is 17.5 Å². The lowest BCUT2D eigenvalue weighted by Gasteiger charge is -2.31. The summed E-state index contributed by atoms with van der Waals surface area (Å²) in [5.74, 6) is 2.12. The highest BCUT2D eigenvalue weighted by Crippen LogP contribution is 2.33. The highest BCUT2D eigenvalue weighted by atomic mass is 35.5. The van der Waals surface area contributed by atoms with Gasteiger partial charge in [0.25, 0.3) is 5.91 Å². The number of aromatic nitrogens is 2. The van der Waals surface area contributed by atoms with Crippen LogP contribution in [0.15, 0.2) is 47.0 Å². The van der Waals surface area contributed by atoms with Crippen molar-refractivity contribution in [2.45, 2.75) is 18.8 Å². The zero-order chi connectivity index (χ0) is 21.1. The van der Waals surface area contributed by atoms with Gasteiger partial charge in [-0.05, 0) is 43.2 Å². The van der Waals surface area contributed by atoms with Crippen molar-refractivity contribution in [3.63, 3.8) is 0 Å². The van der Waals surface area contributed by atoms with Gasteiger partial charge in [-0.1, -0.05) is 28.9 Å². The second-order valence-corrected chi connectivity index (χ2v) is 7.50. The molecule has 1 amide bonds. The van der Waals surface area contributed by atoms with E-state index in [9.17, 15) is 4.79 Å². The molecule has 0 unspecified atom stereocenters. The van der Waals surface area contributed by atoms with Gasteiger partial charge >= 0.3 is 0 Å². The molecule has 0 spiro atoms. The molecule has 1 fully saturated rings. The normalized spacial score (nSPS) is 16.4. The first kappa shape index (κ1) is 20.2. The molecular formula is C22H22ClN3O4. The largest absolute Gasteiger partial charge is 0.493 e. The second kappa shape index (κ2) is 8.75. The molecular weight excluding hydrogens is 406 g/mol. The third kappa shape index (κ3) is 3.98. The third-order valence-corrected chi connectivity index (χ3v) is 5.58. The van der Waals surface area contributed by atoms with Crippen LogP contribution in [-0.2, 0) is 0 Å². The van der Waals surface area contributed by atoms with Gasteiger partial charge < -0.3 is 18.9 Å². The van der Waals surface area contributed by atoms with Crippen molar-refractivity contribution in [2.24, 2.45) is 0 Å². The maximum atomic E-state index is 12.9. The quantitative estimate of drug-likeness (QED) is 0.599. The van der Waals surface area contributed by atoms with E-state index in [0.717, 1.165) is 18.4 Å². The number of nitrogens with zero attached hydrogens (tertiary/aromatic N) is 3. The van der Waals surface area contributed by atoms with E-state index in [4.69, 9.17) is 25.6 Å². The van der Waals surface area contributed by atoms with Crippen LogP contribution in [0, 0.1) is 0 Å². The summed E-state index contributed by atoms with van der Waals surface area (Å²) in [6, 6.07) is 12.6. The van der Waals surface area contributed by atoms with Gasteiger partial charge in [-0.3, -0.25) is 4.79 Å². The summed E-state index contributed by atoms with van der Waals surface area (Å²) in [6.45, 7) is 1.19. The number of halogens is 1. The smallest absolute Gasteiger partial charge is 0.255 e. The van der Waals surface area contributed by atoms with Gasteiger partial charge in [0, 0.05) is 18.7 Å². The highest BCUT2D eigenvalue weighted by Gasteiger charge is 2.30. The Labute approximate surface area is 179 Å². The van der Waals surface area contributed by atoms with E-state index in [1.165, 1.54) is 0 Å². The van der Waals surface area contributed by atoms with E-state index in [-0.39, 0.29) is 11.8 Å². The van der Waals surface area contributed by atoms with E-state index in [2.05, 4.69) is 10.1 Å². The monoisotopic (exact) mass is 427 g/mol. The Morgan fingerprint density at radius 2 is 1.97 bits per heavy atom. The van der Waals surface area contributed by atoms with E-state index in [1.54, 1.807) is 37.3 Å². The number of ether oxygens (including phenoxy) is 2. The fraction of sp³-hybridized carbons (Fsp3) is 0.318. The first-order valence-corrected chi connectivity index (χ1v) is 10.1. The Morgan fingerprint density at radius 1 is 1.17 bits per heavy atom. The minimum absolute atomic E-state index is 0.0217. The van der Waals surface area contributed by atoms with Crippen molar-refractivity contribution in [1.29, 1.82) is 0 Å². The van der Waals surface area contributed by atoms with Crippen molar-refractivity contribution in [3.8, 4) is 22.9 Å². The van der Waals surface area contributed by atoms with Crippen LogP contribution in [0.5, 0.6) is 11.5 Å². The van der Waals surface area contributed by atoms with E-state index in [0.29, 0.717) is 46.9 Å². The lowest BCUT2D eigenvalue weighted by molar-refractivity contribution is 0.0696. The van der Waals surface area contributed by atoms with Gasteiger partial charge in [-0.2, -0.15) is 4.98 Å². The summed E-state index contributed by atoms with van der Waals surface area (Å²) >= 11 is 6.20. The van der Waals surface area contributed by atoms with Gasteiger partial charge in [0.05, 0.1) is 30.7 Å². The molecule has 1 atom stereocenters. The van der Waals surface area contributed by atoms with Crippen LogP contribution in [0.4, 0.5) is 0 Å². The summed E-state index contributed by atoms with van der Waals surface area (Å²) in [7, 11) is 3.17. The fourth-order valence-corrected chi connectivity index (χ4v) is 3.88. The number of hydrogen-bond acceptors (Lipinski definition) is 6. The molecule has 1 aliphatic heterocycles. The number of rotatable bonds is 5. The third-order valence-electron chi connectivity index (χ3n) is 5.25. The Balaban J connectivity index is 1.52.